The molecule has 2 nitrogen and oxygen atoms in total. The van der Waals surface area contributed by atoms with Gasteiger partial charge in [0.1, 0.15) is 0 Å². The van der Waals surface area contributed by atoms with Gasteiger partial charge in [0, 0.05) is 11.6 Å². The second-order valence-corrected chi connectivity index (χ2v) is 4.34. The van der Waals surface area contributed by atoms with E-state index in [9.17, 15) is 0 Å². The van der Waals surface area contributed by atoms with Crippen molar-refractivity contribution >= 4 is 24.0 Å². The minimum atomic E-state index is 0. The normalized spacial score (nSPS) is 20.2. The molecule has 0 radical (unpaired) electrons. The van der Waals surface area contributed by atoms with Crippen LogP contribution in [0.3, 0.4) is 0 Å². The first-order valence-corrected chi connectivity index (χ1v) is 5.79. The fourth-order valence-electron chi connectivity index (χ4n) is 1.76. The van der Waals surface area contributed by atoms with E-state index in [0.717, 1.165) is 18.1 Å². The van der Waals surface area contributed by atoms with Gasteiger partial charge in [-0.1, -0.05) is 23.7 Å². The molecule has 1 unspecified atom stereocenters. The molecular weight excluding hydrogens is 245 g/mol. The Morgan fingerprint density at radius 3 is 2.69 bits per heavy atom. The van der Waals surface area contributed by atoms with E-state index >= 15 is 0 Å². The molecule has 0 aromatic heterocycles. The Morgan fingerprint density at radius 1 is 1.31 bits per heavy atom. The van der Waals surface area contributed by atoms with E-state index in [-0.39, 0.29) is 12.4 Å². The Balaban J connectivity index is 0.00000128. The highest BCUT2D eigenvalue weighted by Gasteiger charge is 2.12. The summed E-state index contributed by atoms with van der Waals surface area (Å²) >= 11 is 5.81. The zero-order chi connectivity index (χ0) is 10.5. The van der Waals surface area contributed by atoms with Crippen LogP contribution in [0.1, 0.15) is 18.4 Å². The lowest BCUT2D eigenvalue weighted by Gasteiger charge is -2.23. The van der Waals surface area contributed by atoms with Gasteiger partial charge < -0.3 is 10.1 Å². The Bertz CT molecular complexity index is 296. The third-order valence-electron chi connectivity index (χ3n) is 2.65. The summed E-state index contributed by atoms with van der Waals surface area (Å²) in [7, 11) is 0. The number of piperidine rings is 1. The Labute approximate surface area is 108 Å². The highest BCUT2D eigenvalue weighted by atomic mass is 35.5. The molecule has 16 heavy (non-hydrogen) atoms. The molecule has 0 aliphatic carbocycles. The predicted octanol–water partition coefficient (Wildman–Crippen LogP) is 3.03. The maximum Gasteiger partial charge on any atom is 0.0721 e. The third-order valence-corrected chi connectivity index (χ3v) is 2.90. The summed E-state index contributed by atoms with van der Waals surface area (Å²) in [5.74, 6) is 0. The second kappa shape index (κ2) is 7.13. The quantitative estimate of drug-likeness (QED) is 0.904. The molecule has 1 aliphatic rings. The number of nitrogens with one attached hydrogen (secondary N) is 1. The van der Waals surface area contributed by atoms with Crippen molar-refractivity contribution in [3.8, 4) is 0 Å². The van der Waals surface area contributed by atoms with E-state index in [1.54, 1.807) is 0 Å². The largest absolute Gasteiger partial charge is 0.372 e. The average molecular weight is 262 g/mol. The summed E-state index contributed by atoms with van der Waals surface area (Å²) in [5, 5.41) is 4.11. The van der Waals surface area contributed by atoms with E-state index in [1.807, 2.05) is 24.3 Å². The van der Waals surface area contributed by atoms with E-state index in [2.05, 4.69) is 5.32 Å². The van der Waals surface area contributed by atoms with Crippen molar-refractivity contribution in [2.75, 3.05) is 13.1 Å². The van der Waals surface area contributed by atoms with E-state index in [4.69, 9.17) is 16.3 Å². The van der Waals surface area contributed by atoms with Crippen LogP contribution in [-0.2, 0) is 11.3 Å². The molecule has 90 valence electrons. The summed E-state index contributed by atoms with van der Waals surface area (Å²) in [5.41, 5.74) is 1.19. The van der Waals surface area contributed by atoms with Gasteiger partial charge in [-0.15, -0.1) is 12.4 Å². The van der Waals surface area contributed by atoms with Crippen LogP contribution in [0.15, 0.2) is 24.3 Å². The van der Waals surface area contributed by atoms with Gasteiger partial charge in [0.25, 0.3) is 0 Å². The van der Waals surface area contributed by atoms with E-state index in [1.165, 1.54) is 18.4 Å². The molecule has 1 heterocycles. The molecule has 1 aliphatic heterocycles. The monoisotopic (exact) mass is 261 g/mol. The smallest absolute Gasteiger partial charge is 0.0721 e. The first-order chi connectivity index (χ1) is 7.34. The highest BCUT2D eigenvalue weighted by Crippen LogP contribution is 2.13. The van der Waals surface area contributed by atoms with Crippen molar-refractivity contribution in [3.63, 3.8) is 0 Å². The van der Waals surface area contributed by atoms with E-state index in [0.29, 0.717) is 12.7 Å². The van der Waals surface area contributed by atoms with Crippen LogP contribution in [-0.4, -0.2) is 19.2 Å². The minimum Gasteiger partial charge on any atom is -0.372 e. The van der Waals surface area contributed by atoms with Gasteiger partial charge in [0.15, 0.2) is 0 Å². The van der Waals surface area contributed by atoms with Crippen LogP contribution in [0.4, 0.5) is 0 Å². The zero-order valence-electron chi connectivity index (χ0n) is 9.12. The van der Waals surface area contributed by atoms with Crippen LogP contribution >= 0.6 is 24.0 Å². The first-order valence-electron chi connectivity index (χ1n) is 5.41. The molecule has 1 atom stereocenters. The third kappa shape index (κ3) is 4.30. The maximum atomic E-state index is 5.81. The molecule has 0 spiro atoms. The maximum absolute atomic E-state index is 5.81. The molecule has 0 saturated carbocycles. The number of rotatable bonds is 3. The lowest BCUT2D eigenvalue weighted by Crippen LogP contribution is -2.35. The second-order valence-electron chi connectivity index (χ2n) is 3.91. The fourth-order valence-corrected chi connectivity index (χ4v) is 1.88. The average Bonchev–Trinajstić information content (AvgIpc) is 2.30. The standard InChI is InChI=1S/C12H16ClNO.ClH/c13-11-5-3-10(4-6-11)9-15-12-2-1-7-14-8-12;/h3-6,12,14H,1-2,7-9H2;1H. The van der Waals surface area contributed by atoms with Crippen LogP contribution in [0.5, 0.6) is 0 Å². The van der Waals surface area contributed by atoms with Gasteiger partial charge in [-0.3, -0.25) is 0 Å². The van der Waals surface area contributed by atoms with Crippen molar-refractivity contribution in [1.82, 2.24) is 5.32 Å². The molecule has 2 rings (SSSR count). The molecule has 1 saturated heterocycles. The zero-order valence-corrected chi connectivity index (χ0v) is 10.7. The topological polar surface area (TPSA) is 21.3 Å². The summed E-state index contributed by atoms with van der Waals surface area (Å²) in [6.07, 6.45) is 2.75. The highest BCUT2D eigenvalue weighted by molar-refractivity contribution is 6.30. The number of ether oxygens (including phenoxy) is 1. The Kier molecular flexibility index (Phi) is 6.14. The number of hydrogen-bond donors (Lipinski definition) is 1. The predicted molar refractivity (Wildman–Crippen MR) is 69.4 cm³/mol. The molecule has 1 aromatic rings. The molecule has 0 bridgehead atoms. The fraction of sp³-hybridized carbons (Fsp3) is 0.500. The lowest BCUT2D eigenvalue weighted by atomic mass is 10.1. The van der Waals surface area contributed by atoms with Crippen LogP contribution in [0.25, 0.3) is 0 Å². The van der Waals surface area contributed by atoms with Gasteiger partial charge in [-0.2, -0.15) is 0 Å². The molecule has 1 aromatic carbocycles. The molecule has 1 fully saturated rings. The summed E-state index contributed by atoms with van der Waals surface area (Å²) in [4.78, 5) is 0. The summed E-state index contributed by atoms with van der Waals surface area (Å²) in [6, 6.07) is 7.83. The number of hydrogen-bond acceptors (Lipinski definition) is 2. The van der Waals surface area contributed by atoms with Crippen molar-refractivity contribution < 1.29 is 4.74 Å². The number of benzene rings is 1. The molecular formula is C12H17Cl2NO. The van der Waals surface area contributed by atoms with Gasteiger partial charge in [0.2, 0.25) is 0 Å². The summed E-state index contributed by atoms with van der Waals surface area (Å²) < 4.78 is 5.80. The van der Waals surface area contributed by atoms with Crippen LogP contribution < -0.4 is 5.32 Å². The Morgan fingerprint density at radius 2 is 2.06 bits per heavy atom. The lowest BCUT2D eigenvalue weighted by molar-refractivity contribution is 0.0253. The SMILES string of the molecule is Cl.Clc1ccc(COC2CCCNC2)cc1. The van der Waals surface area contributed by atoms with Crippen molar-refractivity contribution in [2.45, 2.75) is 25.6 Å². The first kappa shape index (κ1) is 13.8. The number of halogens is 2. The Hall–Kier alpha value is -0.280. The van der Waals surface area contributed by atoms with Crippen molar-refractivity contribution in [2.24, 2.45) is 0 Å². The van der Waals surface area contributed by atoms with E-state index < -0.39 is 0 Å². The van der Waals surface area contributed by atoms with Gasteiger partial charge in [-0.25, -0.2) is 0 Å². The molecule has 4 heteroatoms. The van der Waals surface area contributed by atoms with Gasteiger partial charge >= 0.3 is 0 Å². The van der Waals surface area contributed by atoms with Gasteiger partial charge in [-0.05, 0) is 37.1 Å². The summed E-state index contributed by atoms with van der Waals surface area (Å²) in [6.45, 7) is 2.79. The van der Waals surface area contributed by atoms with Gasteiger partial charge in [0.05, 0.1) is 12.7 Å². The molecule has 0 amide bonds. The van der Waals surface area contributed by atoms with Crippen LogP contribution in [0.2, 0.25) is 5.02 Å². The van der Waals surface area contributed by atoms with Crippen LogP contribution in [0, 0.1) is 0 Å². The van der Waals surface area contributed by atoms with Crippen molar-refractivity contribution in [1.29, 1.82) is 0 Å². The minimum absolute atomic E-state index is 0. The van der Waals surface area contributed by atoms with Crippen molar-refractivity contribution in [3.05, 3.63) is 34.9 Å². The molecule has 1 N–H and O–H groups in total.